The minimum atomic E-state index is -0.0619. The van der Waals surface area contributed by atoms with Crippen molar-refractivity contribution < 1.29 is 9.59 Å². The van der Waals surface area contributed by atoms with Gasteiger partial charge >= 0.3 is 0 Å². The first-order valence-corrected chi connectivity index (χ1v) is 10.8. The van der Waals surface area contributed by atoms with Crippen molar-refractivity contribution in [1.29, 1.82) is 0 Å². The first kappa shape index (κ1) is 26.4. The lowest BCUT2D eigenvalue weighted by Crippen LogP contribution is -2.56. The van der Waals surface area contributed by atoms with Gasteiger partial charge < -0.3 is 20.4 Å². The van der Waals surface area contributed by atoms with Gasteiger partial charge in [-0.25, -0.2) is 0 Å². The van der Waals surface area contributed by atoms with E-state index >= 15 is 0 Å². The van der Waals surface area contributed by atoms with E-state index in [0.29, 0.717) is 5.92 Å². The van der Waals surface area contributed by atoms with E-state index in [0.717, 1.165) is 84.6 Å². The smallest absolute Gasteiger partial charge is 0.239 e. The first-order chi connectivity index (χ1) is 13.1. The molecular formula is C20H39Cl2N5O2. The van der Waals surface area contributed by atoms with Crippen molar-refractivity contribution >= 4 is 36.6 Å². The monoisotopic (exact) mass is 451 g/mol. The van der Waals surface area contributed by atoms with Crippen LogP contribution in [0, 0.1) is 5.92 Å². The third kappa shape index (κ3) is 7.24. The van der Waals surface area contributed by atoms with Crippen molar-refractivity contribution in [2.24, 2.45) is 5.92 Å². The summed E-state index contributed by atoms with van der Waals surface area (Å²) in [6.07, 6.45) is 4.26. The van der Waals surface area contributed by atoms with Crippen LogP contribution in [-0.4, -0.2) is 97.5 Å². The maximum absolute atomic E-state index is 12.9. The highest BCUT2D eigenvalue weighted by Crippen LogP contribution is 2.19. The topological polar surface area (TPSA) is 67.9 Å². The van der Waals surface area contributed by atoms with Gasteiger partial charge in [0.2, 0.25) is 11.8 Å². The third-order valence-electron chi connectivity index (χ3n) is 6.53. The zero-order valence-corrected chi connectivity index (χ0v) is 19.5. The number of rotatable bonds is 6. The van der Waals surface area contributed by atoms with Gasteiger partial charge in [0.25, 0.3) is 0 Å². The number of piperidine rings is 1. The van der Waals surface area contributed by atoms with Gasteiger partial charge in [0, 0.05) is 39.3 Å². The van der Waals surface area contributed by atoms with Crippen LogP contribution < -0.4 is 10.6 Å². The molecule has 2 N–H and O–H groups in total. The lowest BCUT2D eigenvalue weighted by molar-refractivity contribution is -0.139. The van der Waals surface area contributed by atoms with Crippen molar-refractivity contribution in [2.45, 2.75) is 51.6 Å². The lowest BCUT2D eigenvalue weighted by atomic mass is 9.96. The third-order valence-corrected chi connectivity index (χ3v) is 6.53. The van der Waals surface area contributed by atoms with Crippen LogP contribution >= 0.6 is 24.8 Å². The lowest BCUT2D eigenvalue weighted by Gasteiger charge is -2.40. The Morgan fingerprint density at radius 2 is 1.79 bits per heavy atom. The number of amides is 2. The van der Waals surface area contributed by atoms with Gasteiger partial charge in [-0.2, -0.15) is 0 Å². The van der Waals surface area contributed by atoms with Gasteiger partial charge in [-0.3, -0.25) is 14.5 Å². The molecule has 170 valence electrons. The molecule has 7 nitrogen and oxygen atoms in total. The van der Waals surface area contributed by atoms with Crippen LogP contribution in [0.2, 0.25) is 0 Å². The van der Waals surface area contributed by atoms with E-state index in [9.17, 15) is 9.59 Å². The molecule has 3 rings (SSSR count). The van der Waals surface area contributed by atoms with E-state index in [2.05, 4.69) is 34.3 Å². The summed E-state index contributed by atoms with van der Waals surface area (Å²) in [5, 5.41) is 6.38. The Morgan fingerprint density at radius 1 is 1.07 bits per heavy atom. The van der Waals surface area contributed by atoms with Crippen molar-refractivity contribution in [3.8, 4) is 0 Å². The van der Waals surface area contributed by atoms with E-state index in [4.69, 9.17) is 0 Å². The number of carbonyl (C=O) groups is 2. The quantitative estimate of drug-likeness (QED) is 0.629. The Morgan fingerprint density at radius 3 is 2.41 bits per heavy atom. The second kappa shape index (κ2) is 13.0. The molecule has 0 radical (unpaired) electrons. The molecule has 0 saturated carbocycles. The summed E-state index contributed by atoms with van der Waals surface area (Å²) < 4.78 is 0. The van der Waals surface area contributed by atoms with Crippen molar-refractivity contribution in [1.82, 2.24) is 25.3 Å². The minimum Gasteiger partial charge on any atom is -0.354 e. The second-order valence-electron chi connectivity index (χ2n) is 8.33. The molecule has 3 fully saturated rings. The fraction of sp³-hybridized carbons (Fsp3) is 0.900. The molecule has 3 aliphatic heterocycles. The summed E-state index contributed by atoms with van der Waals surface area (Å²) >= 11 is 0. The summed E-state index contributed by atoms with van der Waals surface area (Å²) in [7, 11) is 0. The van der Waals surface area contributed by atoms with E-state index in [1.54, 1.807) is 0 Å². The molecule has 3 saturated heterocycles. The second-order valence-corrected chi connectivity index (χ2v) is 8.33. The number of nitrogens with zero attached hydrogens (tertiary/aromatic N) is 3. The summed E-state index contributed by atoms with van der Waals surface area (Å²) in [6, 6.07) is -0.0693. The number of likely N-dealkylation sites (N-methyl/N-ethyl adjacent to an activating group) is 1. The predicted octanol–water partition coefficient (Wildman–Crippen LogP) is 0.963. The maximum atomic E-state index is 12.9. The number of carbonyl (C=O) groups excluding carboxylic acids is 2. The summed E-state index contributed by atoms with van der Waals surface area (Å²) in [4.78, 5) is 31.9. The minimum absolute atomic E-state index is 0. The Balaban J connectivity index is 0.00000210. The van der Waals surface area contributed by atoms with Gasteiger partial charge in [-0.15, -0.1) is 24.8 Å². The SMILES string of the molecule is CCN1CCN(C(=O)C(C)N2CCCC(CNC(=O)C3CCCN3)C2)CC1.Cl.Cl. The van der Waals surface area contributed by atoms with Crippen LogP contribution in [0.15, 0.2) is 0 Å². The predicted molar refractivity (Wildman–Crippen MR) is 121 cm³/mol. The number of nitrogens with one attached hydrogen (secondary N) is 2. The normalized spacial score (nSPS) is 26.9. The summed E-state index contributed by atoms with van der Waals surface area (Å²) in [5.74, 6) is 0.851. The van der Waals surface area contributed by atoms with Crippen LogP contribution in [-0.2, 0) is 9.59 Å². The fourth-order valence-electron chi connectivity index (χ4n) is 4.60. The zero-order chi connectivity index (χ0) is 19.2. The molecule has 0 aromatic rings. The number of hydrogen-bond acceptors (Lipinski definition) is 5. The van der Waals surface area contributed by atoms with Gasteiger partial charge in [0.05, 0.1) is 12.1 Å². The average molecular weight is 452 g/mol. The molecule has 3 heterocycles. The molecule has 0 bridgehead atoms. The van der Waals surface area contributed by atoms with Gasteiger partial charge in [-0.1, -0.05) is 6.92 Å². The van der Waals surface area contributed by atoms with Crippen molar-refractivity contribution in [2.75, 3.05) is 58.9 Å². The molecule has 3 atom stereocenters. The van der Waals surface area contributed by atoms with Gasteiger partial charge in [-0.05, 0) is 58.2 Å². The average Bonchev–Trinajstić information content (AvgIpc) is 3.26. The standard InChI is InChI=1S/C20H37N5O2.2ClH/c1-3-23-10-12-24(13-11-23)20(27)16(2)25-9-5-6-17(15-25)14-22-19(26)18-7-4-8-21-18;;/h16-18,21H,3-15H2,1-2H3,(H,22,26);2*1H. The summed E-state index contributed by atoms with van der Waals surface area (Å²) in [5.41, 5.74) is 0. The molecule has 2 amide bonds. The molecule has 0 aromatic carbocycles. The molecule has 0 aromatic heterocycles. The highest BCUT2D eigenvalue weighted by Gasteiger charge is 2.31. The van der Waals surface area contributed by atoms with E-state index < -0.39 is 0 Å². The van der Waals surface area contributed by atoms with E-state index in [1.807, 2.05) is 4.90 Å². The molecule has 3 unspecified atom stereocenters. The maximum Gasteiger partial charge on any atom is 0.239 e. The zero-order valence-electron chi connectivity index (χ0n) is 17.9. The Labute approximate surface area is 188 Å². The van der Waals surface area contributed by atoms with Crippen LogP contribution in [0.3, 0.4) is 0 Å². The van der Waals surface area contributed by atoms with E-state index in [1.165, 1.54) is 0 Å². The summed E-state index contributed by atoms with van der Waals surface area (Å²) in [6.45, 7) is 12.5. The molecule has 0 aliphatic carbocycles. The fourth-order valence-corrected chi connectivity index (χ4v) is 4.60. The molecular weight excluding hydrogens is 413 g/mol. The van der Waals surface area contributed by atoms with Crippen molar-refractivity contribution in [3.63, 3.8) is 0 Å². The molecule has 29 heavy (non-hydrogen) atoms. The highest BCUT2D eigenvalue weighted by atomic mass is 35.5. The van der Waals surface area contributed by atoms with Crippen LogP contribution in [0.1, 0.15) is 39.5 Å². The van der Waals surface area contributed by atoms with E-state index in [-0.39, 0.29) is 48.7 Å². The Kier molecular flexibility index (Phi) is 11.8. The highest BCUT2D eigenvalue weighted by molar-refractivity contribution is 5.85. The van der Waals surface area contributed by atoms with Crippen molar-refractivity contribution in [3.05, 3.63) is 0 Å². The Bertz CT molecular complexity index is 511. The molecule has 3 aliphatic rings. The molecule has 0 spiro atoms. The Hall–Kier alpha value is -0.600. The van der Waals surface area contributed by atoms with Crippen LogP contribution in [0.4, 0.5) is 0 Å². The van der Waals surface area contributed by atoms with Crippen LogP contribution in [0.25, 0.3) is 0 Å². The first-order valence-electron chi connectivity index (χ1n) is 10.8. The number of piperazine rings is 1. The van der Waals surface area contributed by atoms with Crippen LogP contribution in [0.5, 0.6) is 0 Å². The molecule has 9 heteroatoms. The number of hydrogen-bond donors (Lipinski definition) is 2. The van der Waals surface area contributed by atoms with Gasteiger partial charge in [0.1, 0.15) is 0 Å². The number of likely N-dealkylation sites (tertiary alicyclic amines) is 1. The van der Waals surface area contributed by atoms with Gasteiger partial charge in [0.15, 0.2) is 0 Å². The number of halogens is 2. The largest absolute Gasteiger partial charge is 0.354 e.